The monoisotopic (exact) mass is 499 g/mol. The first-order chi connectivity index (χ1) is 16.3. The minimum Gasteiger partial charge on any atom is -0.497 e. The molecule has 7 nitrogen and oxygen atoms in total. The maximum absolute atomic E-state index is 12.1. The van der Waals surface area contributed by atoms with E-state index in [1.165, 1.54) is 0 Å². The fourth-order valence-corrected chi connectivity index (χ4v) is 4.42. The maximum Gasteiger partial charge on any atom is 0.250 e. The number of amides is 1. The fourth-order valence-electron chi connectivity index (χ4n) is 3.92. The van der Waals surface area contributed by atoms with E-state index in [1.54, 1.807) is 44.6 Å². The van der Waals surface area contributed by atoms with E-state index in [4.69, 9.17) is 42.9 Å². The van der Waals surface area contributed by atoms with Crippen molar-refractivity contribution in [2.75, 3.05) is 14.2 Å². The van der Waals surface area contributed by atoms with Crippen molar-refractivity contribution in [1.29, 1.82) is 0 Å². The van der Waals surface area contributed by atoms with Gasteiger partial charge in [-0.1, -0.05) is 28.4 Å². The van der Waals surface area contributed by atoms with E-state index in [1.807, 2.05) is 29.7 Å². The van der Waals surface area contributed by atoms with Gasteiger partial charge in [-0.2, -0.15) is 0 Å². The van der Waals surface area contributed by atoms with Crippen LogP contribution >= 0.6 is 23.2 Å². The second-order valence-corrected chi connectivity index (χ2v) is 8.52. The van der Waals surface area contributed by atoms with Crippen LogP contribution in [0.3, 0.4) is 0 Å². The lowest BCUT2D eigenvalue weighted by Crippen LogP contribution is -2.13. The lowest BCUT2D eigenvalue weighted by atomic mass is 10.1. The van der Waals surface area contributed by atoms with Crippen LogP contribution in [-0.4, -0.2) is 29.9 Å². The molecule has 0 saturated heterocycles. The van der Waals surface area contributed by atoms with Crippen LogP contribution in [-0.2, 0) is 13.0 Å². The molecule has 1 amide bonds. The molecule has 0 radical (unpaired) electrons. The van der Waals surface area contributed by atoms with E-state index in [-0.39, 0.29) is 0 Å². The Labute approximate surface area is 207 Å². The highest BCUT2D eigenvalue weighted by Crippen LogP contribution is 2.34. The van der Waals surface area contributed by atoms with Crippen LogP contribution in [0.2, 0.25) is 10.0 Å². The first-order valence-electron chi connectivity index (χ1n) is 10.5. The number of hydrogen-bond acceptors (Lipinski definition) is 5. The molecule has 0 aliphatic heterocycles. The number of aromatic nitrogens is 2. The Morgan fingerprint density at radius 3 is 2.56 bits per heavy atom. The first kappa shape index (κ1) is 23.7. The number of ether oxygens (including phenoxy) is 2. The van der Waals surface area contributed by atoms with Gasteiger partial charge in [0, 0.05) is 28.9 Å². The number of nitrogens with two attached hydrogens (primary N) is 1. The van der Waals surface area contributed by atoms with E-state index in [0.29, 0.717) is 51.3 Å². The number of halogens is 2. The Balaban J connectivity index is 1.72. The molecule has 2 aromatic carbocycles. The van der Waals surface area contributed by atoms with Gasteiger partial charge < -0.3 is 24.3 Å². The minimum absolute atomic E-state index is 0.412. The largest absolute Gasteiger partial charge is 0.497 e. The predicted octanol–water partition coefficient (Wildman–Crippen LogP) is 5.78. The van der Waals surface area contributed by atoms with Crippen molar-refractivity contribution in [2.45, 2.75) is 19.9 Å². The smallest absolute Gasteiger partial charge is 0.250 e. The number of nitrogens with zero attached hydrogens (tertiary/aromatic N) is 2. The molecule has 2 aromatic heterocycles. The van der Waals surface area contributed by atoms with Crippen LogP contribution in [0.1, 0.15) is 21.6 Å². The quantitative estimate of drug-likeness (QED) is 0.331. The molecule has 4 rings (SSSR count). The number of carbonyl (C=O) groups excluding carboxylic acids is 1. The van der Waals surface area contributed by atoms with Crippen molar-refractivity contribution in [3.05, 3.63) is 75.4 Å². The molecule has 2 heterocycles. The molecule has 0 aliphatic carbocycles. The molecule has 4 aromatic rings. The number of carbonyl (C=O) groups is 1. The predicted molar refractivity (Wildman–Crippen MR) is 132 cm³/mol. The van der Waals surface area contributed by atoms with Gasteiger partial charge in [-0.3, -0.25) is 4.79 Å². The SMILES string of the molecule is COc1ccc(OC)c(CCn2c(-c3cc(-c4ccc(Cl)cc4Cl)no3)cc(C(N)=O)c2C)c1. The standard InChI is InChI=1S/C25H23Cl2N3O4/c1-14-19(25(28)31)12-22(24-13-21(29-34-24)18-6-4-16(26)11-20(18)27)30(14)9-8-15-10-17(32-2)5-7-23(15)33-3/h4-7,10-13H,8-9H2,1-3H3,(H2,28,31). The lowest BCUT2D eigenvalue weighted by molar-refractivity contribution is 0.0999. The van der Waals surface area contributed by atoms with Crippen molar-refractivity contribution in [3.8, 4) is 34.2 Å². The topological polar surface area (TPSA) is 92.5 Å². The summed E-state index contributed by atoms with van der Waals surface area (Å²) in [6, 6.07) is 14.3. The van der Waals surface area contributed by atoms with Gasteiger partial charge in [0.05, 0.1) is 30.5 Å². The third-order valence-electron chi connectivity index (χ3n) is 5.69. The van der Waals surface area contributed by atoms with Gasteiger partial charge >= 0.3 is 0 Å². The zero-order chi connectivity index (χ0) is 24.4. The Bertz CT molecular complexity index is 1360. The number of primary amides is 1. The van der Waals surface area contributed by atoms with Crippen molar-refractivity contribution >= 4 is 29.1 Å². The van der Waals surface area contributed by atoms with E-state index in [2.05, 4.69) is 5.16 Å². The van der Waals surface area contributed by atoms with Crippen molar-refractivity contribution < 1.29 is 18.8 Å². The number of methoxy groups -OCH3 is 2. The summed E-state index contributed by atoms with van der Waals surface area (Å²) in [7, 11) is 3.24. The van der Waals surface area contributed by atoms with Crippen LogP contribution in [0.15, 0.2) is 53.1 Å². The van der Waals surface area contributed by atoms with Crippen LogP contribution in [0.25, 0.3) is 22.7 Å². The highest BCUT2D eigenvalue weighted by molar-refractivity contribution is 6.36. The molecule has 176 valence electrons. The summed E-state index contributed by atoms with van der Waals surface area (Å²) in [6.45, 7) is 2.38. The van der Waals surface area contributed by atoms with E-state index in [0.717, 1.165) is 22.8 Å². The van der Waals surface area contributed by atoms with Crippen molar-refractivity contribution in [1.82, 2.24) is 9.72 Å². The molecule has 9 heteroatoms. The summed E-state index contributed by atoms with van der Waals surface area (Å²) in [5, 5.41) is 5.17. The van der Waals surface area contributed by atoms with Gasteiger partial charge in [-0.25, -0.2) is 0 Å². The third-order valence-corrected chi connectivity index (χ3v) is 6.24. The van der Waals surface area contributed by atoms with Crippen LogP contribution in [0.5, 0.6) is 11.5 Å². The zero-order valence-electron chi connectivity index (χ0n) is 18.9. The summed E-state index contributed by atoms with van der Waals surface area (Å²) in [5.41, 5.74) is 9.66. The van der Waals surface area contributed by atoms with E-state index >= 15 is 0 Å². The number of rotatable bonds is 8. The van der Waals surface area contributed by atoms with Gasteiger partial charge in [0.15, 0.2) is 5.76 Å². The fraction of sp³-hybridized carbons (Fsp3) is 0.200. The molecule has 0 aliphatic rings. The van der Waals surface area contributed by atoms with Gasteiger partial charge in [-0.05, 0) is 61.4 Å². The maximum atomic E-state index is 12.1. The third kappa shape index (κ3) is 4.62. The molecule has 34 heavy (non-hydrogen) atoms. The summed E-state index contributed by atoms with van der Waals surface area (Å²) in [5.74, 6) is 1.45. The minimum atomic E-state index is -0.517. The molecule has 0 fully saturated rings. The van der Waals surface area contributed by atoms with Crippen LogP contribution in [0.4, 0.5) is 0 Å². The molecular weight excluding hydrogens is 477 g/mol. The highest BCUT2D eigenvalue weighted by atomic mass is 35.5. The zero-order valence-corrected chi connectivity index (χ0v) is 20.4. The molecule has 0 atom stereocenters. The highest BCUT2D eigenvalue weighted by Gasteiger charge is 2.21. The number of hydrogen-bond donors (Lipinski definition) is 1. The summed E-state index contributed by atoms with van der Waals surface area (Å²) < 4.78 is 18.5. The Morgan fingerprint density at radius 2 is 1.88 bits per heavy atom. The first-order valence-corrected chi connectivity index (χ1v) is 11.2. The van der Waals surface area contributed by atoms with Gasteiger partial charge in [0.2, 0.25) is 0 Å². The number of aryl methyl sites for hydroxylation is 1. The average Bonchev–Trinajstić information content (AvgIpc) is 3.42. The molecular formula is C25H23Cl2N3O4. The molecule has 0 spiro atoms. The Morgan fingerprint density at radius 1 is 1.09 bits per heavy atom. The molecule has 0 bridgehead atoms. The average molecular weight is 500 g/mol. The summed E-state index contributed by atoms with van der Waals surface area (Å²) in [4.78, 5) is 12.1. The Kier molecular flexibility index (Phi) is 6.86. The lowest BCUT2D eigenvalue weighted by Gasteiger charge is -2.13. The van der Waals surface area contributed by atoms with Crippen molar-refractivity contribution in [3.63, 3.8) is 0 Å². The van der Waals surface area contributed by atoms with Crippen LogP contribution in [0, 0.1) is 6.92 Å². The molecule has 0 saturated carbocycles. The van der Waals surface area contributed by atoms with E-state index in [9.17, 15) is 4.79 Å². The summed E-state index contributed by atoms with van der Waals surface area (Å²) >= 11 is 12.3. The second kappa shape index (κ2) is 9.83. The van der Waals surface area contributed by atoms with Crippen molar-refractivity contribution in [2.24, 2.45) is 5.73 Å². The summed E-state index contributed by atoms with van der Waals surface area (Å²) in [6.07, 6.45) is 0.616. The molecule has 2 N–H and O–H groups in total. The van der Waals surface area contributed by atoms with Gasteiger partial charge in [0.25, 0.3) is 5.91 Å². The van der Waals surface area contributed by atoms with E-state index < -0.39 is 5.91 Å². The van der Waals surface area contributed by atoms with Gasteiger partial charge in [-0.15, -0.1) is 0 Å². The number of benzene rings is 2. The molecule has 0 unspecified atom stereocenters. The Hall–Kier alpha value is -3.42. The second-order valence-electron chi connectivity index (χ2n) is 7.67. The van der Waals surface area contributed by atoms with Gasteiger partial charge in [0.1, 0.15) is 17.2 Å². The van der Waals surface area contributed by atoms with Crippen LogP contribution < -0.4 is 15.2 Å². The normalized spacial score (nSPS) is 11.0.